The molecular weight excluding hydrogens is 271 g/mol. The Morgan fingerprint density at radius 1 is 1.29 bits per heavy atom. The highest BCUT2D eigenvalue weighted by molar-refractivity contribution is 5.85. The number of carboxylic acid groups (broad SMARTS) is 1. The van der Waals surface area contributed by atoms with E-state index in [1.54, 1.807) is 6.07 Å². The fourth-order valence-electron chi connectivity index (χ4n) is 1.93. The number of para-hydroxylation sites is 1. The molecule has 0 bridgehead atoms. The van der Waals surface area contributed by atoms with Crippen molar-refractivity contribution in [1.29, 1.82) is 0 Å². The number of hydrogen-bond donors (Lipinski definition) is 1. The molecule has 0 aliphatic rings. The van der Waals surface area contributed by atoms with E-state index < -0.39 is 11.8 Å². The molecule has 0 atom stereocenters. The van der Waals surface area contributed by atoms with Gasteiger partial charge in [-0.3, -0.25) is 0 Å². The molecule has 2 aromatic rings. The maximum atomic E-state index is 13.9. The summed E-state index contributed by atoms with van der Waals surface area (Å²) >= 11 is 0. The topological polar surface area (TPSA) is 46.5 Å². The van der Waals surface area contributed by atoms with E-state index in [1.165, 1.54) is 18.2 Å². The Labute approximate surface area is 122 Å². The van der Waals surface area contributed by atoms with Crippen LogP contribution in [-0.2, 0) is 11.4 Å². The van der Waals surface area contributed by atoms with Crippen molar-refractivity contribution in [1.82, 2.24) is 0 Å². The maximum Gasteiger partial charge on any atom is 0.328 e. The monoisotopic (exact) mass is 286 g/mol. The normalized spacial score (nSPS) is 10.8. The summed E-state index contributed by atoms with van der Waals surface area (Å²) in [6.45, 7) is 2.18. The number of hydrogen-bond acceptors (Lipinski definition) is 2. The first kappa shape index (κ1) is 14.8. The van der Waals surface area contributed by atoms with Crippen molar-refractivity contribution >= 4 is 12.0 Å². The molecule has 0 spiro atoms. The summed E-state index contributed by atoms with van der Waals surface area (Å²) in [7, 11) is 0. The van der Waals surface area contributed by atoms with Gasteiger partial charge in [0.2, 0.25) is 0 Å². The third kappa shape index (κ3) is 4.18. The van der Waals surface area contributed by atoms with Crippen LogP contribution in [0.25, 0.3) is 6.08 Å². The van der Waals surface area contributed by atoms with E-state index in [-0.39, 0.29) is 12.4 Å². The van der Waals surface area contributed by atoms with Gasteiger partial charge in [-0.05, 0) is 24.6 Å². The molecule has 3 nitrogen and oxygen atoms in total. The quantitative estimate of drug-likeness (QED) is 0.850. The number of carboxylic acids is 1. The lowest BCUT2D eigenvalue weighted by molar-refractivity contribution is -0.131. The van der Waals surface area contributed by atoms with Gasteiger partial charge in [-0.2, -0.15) is 0 Å². The highest BCUT2D eigenvalue weighted by Gasteiger charge is 2.08. The molecule has 0 aliphatic carbocycles. The van der Waals surface area contributed by atoms with E-state index in [9.17, 15) is 9.18 Å². The molecule has 0 aliphatic heterocycles. The molecule has 108 valence electrons. The van der Waals surface area contributed by atoms with Crippen LogP contribution in [0.2, 0.25) is 0 Å². The van der Waals surface area contributed by atoms with Crippen LogP contribution in [0.4, 0.5) is 4.39 Å². The molecule has 1 N–H and O–H groups in total. The lowest BCUT2D eigenvalue weighted by Crippen LogP contribution is -2.00. The minimum Gasteiger partial charge on any atom is -0.485 e. The van der Waals surface area contributed by atoms with Crippen LogP contribution >= 0.6 is 0 Å². The van der Waals surface area contributed by atoms with E-state index in [0.29, 0.717) is 5.56 Å². The van der Waals surface area contributed by atoms with E-state index >= 15 is 0 Å². The SMILES string of the molecule is Cc1cccc(COc2c(F)cccc2/C=C/C(=O)O)c1. The second-order valence-electron chi connectivity index (χ2n) is 4.61. The first-order chi connectivity index (χ1) is 10.1. The second-order valence-corrected chi connectivity index (χ2v) is 4.61. The number of ether oxygens (including phenoxy) is 1. The highest BCUT2D eigenvalue weighted by atomic mass is 19.1. The zero-order valence-electron chi connectivity index (χ0n) is 11.5. The average Bonchev–Trinajstić information content (AvgIpc) is 2.44. The first-order valence-corrected chi connectivity index (χ1v) is 6.44. The van der Waals surface area contributed by atoms with E-state index in [2.05, 4.69) is 0 Å². The number of carbonyl (C=O) groups is 1. The Bertz CT molecular complexity index is 677. The molecule has 0 saturated heterocycles. The zero-order valence-corrected chi connectivity index (χ0v) is 11.5. The fraction of sp³-hybridized carbons (Fsp3) is 0.118. The van der Waals surface area contributed by atoms with Gasteiger partial charge >= 0.3 is 5.97 Å². The van der Waals surface area contributed by atoms with Crippen LogP contribution in [-0.4, -0.2) is 11.1 Å². The number of halogens is 1. The van der Waals surface area contributed by atoms with Crippen LogP contribution in [0.5, 0.6) is 5.75 Å². The zero-order chi connectivity index (χ0) is 15.2. The van der Waals surface area contributed by atoms with Crippen molar-refractivity contribution in [2.75, 3.05) is 0 Å². The largest absolute Gasteiger partial charge is 0.485 e. The van der Waals surface area contributed by atoms with Crippen LogP contribution in [0.3, 0.4) is 0 Å². The lowest BCUT2D eigenvalue weighted by atomic mass is 10.1. The van der Waals surface area contributed by atoms with Gasteiger partial charge in [-0.25, -0.2) is 9.18 Å². The Hall–Kier alpha value is -2.62. The van der Waals surface area contributed by atoms with Crippen LogP contribution in [0.15, 0.2) is 48.5 Å². The minimum atomic E-state index is -1.09. The van der Waals surface area contributed by atoms with Crippen molar-refractivity contribution in [3.05, 3.63) is 71.0 Å². The summed E-state index contributed by atoms with van der Waals surface area (Å²) in [6.07, 6.45) is 2.27. The molecule has 0 amide bonds. The molecule has 0 fully saturated rings. The van der Waals surface area contributed by atoms with E-state index in [4.69, 9.17) is 9.84 Å². The number of rotatable bonds is 5. The van der Waals surface area contributed by atoms with Gasteiger partial charge in [-0.1, -0.05) is 42.0 Å². The third-order valence-electron chi connectivity index (χ3n) is 2.87. The van der Waals surface area contributed by atoms with Crippen LogP contribution in [0.1, 0.15) is 16.7 Å². The lowest BCUT2D eigenvalue weighted by Gasteiger charge is -2.10. The summed E-state index contributed by atoms with van der Waals surface area (Å²) < 4.78 is 19.4. The van der Waals surface area contributed by atoms with Gasteiger partial charge in [0.15, 0.2) is 11.6 Å². The molecule has 0 radical (unpaired) electrons. The van der Waals surface area contributed by atoms with Gasteiger partial charge in [0, 0.05) is 11.6 Å². The Morgan fingerprint density at radius 2 is 2.05 bits per heavy atom. The van der Waals surface area contributed by atoms with Gasteiger partial charge in [-0.15, -0.1) is 0 Å². The van der Waals surface area contributed by atoms with E-state index in [0.717, 1.165) is 17.2 Å². The Balaban J connectivity index is 2.20. The van der Waals surface area contributed by atoms with Crippen LogP contribution in [0, 0.1) is 12.7 Å². The van der Waals surface area contributed by atoms with Crippen LogP contribution < -0.4 is 4.74 Å². The van der Waals surface area contributed by atoms with Crippen molar-refractivity contribution in [3.8, 4) is 5.75 Å². The van der Waals surface area contributed by atoms with Gasteiger partial charge < -0.3 is 9.84 Å². The molecule has 4 heteroatoms. The van der Waals surface area contributed by atoms with Gasteiger partial charge in [0.05, 0.1) is 0 Å². The first-order valence-electron chi connectivity index (χ1n) is 6.44. The summed E-state index contributed by atoms with van der Waals surface area (Å²) in [5.74, 6) is -1.56. The molecule has 0 heterocycles. The molecule has 0 saturated carbocycles. The third-order valence-corrected chi connectivity index (χ3v) is 2.87. The predicted octanol–water partition coefficient (Wildman–Crippen LogP) is 3.81. The van der Waals surface area contributed by atoms with Gasteiger partial charge in [0.25, 0.3) is 0 Å². The standard InChI is InChI=1S/C17H15FO3/c1-12-4-2-5-13(10-12)11-21-17-14(8-9-16(19)20)6-3-7-15(17)18/h2-10H,11H2,1H3,(H,19,20)/b9-8+. The molecule has 2 rings (SSSR count). The smallest absolute Gasteiger partial charge is 0.328 e. The maximum absolute atomic E-state index is 13.9. The summed E-state index contributed by atoms with van der Waals surface area (Å²) in [5, 5.41) is 8.65. The van der Waals surface area contributed by atoms with Crippen molar-refractivity contribution < 1.29 is 19.0 Å². The molecule has 2 aromatic carbocycles. The number of aryl methyl sites for hydroxylation is 1. The predicted molar refractivity (Wildman–Crippen MR) is 78.6 cm³/mol. The Morgan fingerprint density at radius 3 is 2.76 bits per heavy atom. The molecular formula is C17H15FO3. The molecule has 0 unspecified atom stereocenters. The van der Waals surface area contributed by atoms with Crippen molar-refractivity contribution in [2.24, 2.45) is 0 Å². The average molecular weight is 286 g/mol. The van der Waals surface area contributed by atoms with Crippen molar-refractivity contribution in [2.45, 2.75) is 13.5 Å². The fourth-order valence-corrected chi connectivity index (χ4v) is 1.93. The van der Waals surface area contributed by atoms with Crippen molar-refractivity contribution in [3.63, 3.8) is 0 Å². The second kappa shape index (κ2) is 6.70. The summed E-state index contributed by atoms with van der Waals surface area (Å²) in [5.41, 5.74) is 2.41. The molecule has 0 aromatic heterocycles. The highest BCUT2D eigenvalue weighted by Crippen LogP contribution is 2.25. The number of benzene rings is 2. The molecule has 21 heavy (non-hydrogen) atoms. The summed E-state index contributed by atoms with van der Waals surface area (Å²) in [6, 6.07) is 12.1. The Kier molecular flexibility index (Phi) is 4.72. The van der Waals surface area contributed by atoms with E-state index in [1.807, 2.05) is 31.2 Å². The summed E-state index contributed by atoms with van der Waals surface area (Å²) in [4.78, 5) is 10.6. The van der Waals surface area contributed by atoms with Gasteiger partial charge in [0.1, 0.15) is 6.61 Å². The minimum absolute atomic E-state index is 0.0523. The number of aliphatic carboxylic acids is 1.